The highest BCUT2D eigenvalue weighted by Gasteiger charge is 2.18. The molecule has 206 valence electrons. The molecule has 0 nitrogen and oxygen atoms in total. The van der Waals surface area contributed by atoms with E-state index in [2.05, 4.69) is 172 Å². The lowest BCUT2D eigenvalue weighted by molar-refractivity contribution is 1.23. The summed E-state index contributed by atoms with van der Waals surface area (Å²) in [5.41, 5.74) is 10.1. The van der Waals surface area contributed by atoms with Crippen LogP contribution in [0.4, 0.5) is 0 Å². The maximum Gasteiger partial charge on any atom is -0.00201 e. The second kappa shape index (κ2) is 11.6. The average Bonchev–Trinajstić information content (AvgIpc) is 3.07. The van der Waals surface area contributed by atoms with Gasteiger partial charge in [-0.15, -0.1) is 0 Å². The maximum atomic E-state index is 2.36. The van der Waals surface area contributed by atoms with Crippen molar-refractivity contribution in [1.82, 2.24) is 0 Å². The minimum Gasteiger partial charge on any atom is -0.0871 e. The molecule has 0 bridgehead atoms. The van der Waals surface area contributed by atoms with E-state index in [1.165, 1.54) is 76.8 Å². The van der Waals surface area contributed by atoms with Crippen LogP contribution in [0.5, 0.6) is 0 Å². The smallest absolute Gasteiger partial charge is 0.00201 e. The zero-order valence-corrected chi connectivity index (χ0v) is 24.7. The van der Waals surface area contributed by atoms with E-state index in [1.54, 1.807) is 0 Å². The van der Waals surface area contributed by atoms with Crippen molar-refractivity contribution < 1.29 is 0 Å². The highest BCUT2D eigenvalue weighted by Crippen LogP contribution is 2.46. The van der Waals surface area contributed by atoms with Gasteiger partial charge < -0.3 is 0 Å². The predicted octanol–water partition coefficient (Wildman–Crippen LogP) is 12.5. The third-order valence-corrected chi connectivity index (χ3v) is 8.46. The van der Waals surface area contributed by atoms with Gasteiger partial charge in [0.2, 0.25) is 0 Å². The molecule has 0 atom stereocenters. The zero-order valence-electron chi connectivity index (χ0n) is 24.7. The molecule has 0 saturated carbocycles. The van der Waals surface area contributed by atoms with E-state index >= 15 is 0 Å². The SMILES string of the molecule is C/C=C/C(=C\CC)c1cccc(-c2c3ccccc3c(-c3cccc4c(-c5ccccc5)cccc34)c3ccccc23)c1. The van der Waals surface area contributed by atoms with Crippen LogP contribution >= 0.6 is 0 Å². The van der Waals surface area contributed by atoms with Gasteiger partial charge in [0.15, 0.2) is 0 Å². The van der Waals surface area contributed by atoms with Crippen LogP contribution in [0.25, 0.3) is 71.3 Å². The number of fused-ring (bicyclic) bond motifs is 3. The summed E-state index contributed by atoms with van der Waals surface area (Å²) in [7, 11) is 0. The van der Waals surface area contributed by atoms with E-state index in [0.717, 1.165) is 6.42 Å². The molecule has 0 heteroatoms. The van der Waals surface area contributed by atoms with Crippen molar-refractivity contribution in [2.24, 2.45) is 0 Å². The van der Waals surface area contributed by atoms with Crippen LogP contribution in [0, 0.1) is 0 Å². The molecule has 0 fully saturated rings. The van der Waals surface area contributed by atoms with Crippen molar-refractivity contribution in [2.45, 2.75) is 20.3 Å². The largest absolute Gasteiger partial charge is 0.0871 e. The lowest BCUT2D eigenvalue weighted by Gasteiger charge is -2.19. The first kappa shape index (κ1) is 26.7. The van der Waals surface area contributed by atoms with Crippen LogP contribution in [0.3, 0.4) is 0 Å². The number of allylic oxidation sites excluding steroid dienone is 4. The van der Waals surface area contributed by atoms with Crippen LogP contribution in [0.15, 0.2) is 158 Å². The molecule has 7 aromatic carbocycles. The van der Waals surface area contributed by atoms with Gasteiger partial charge in [-0.2, -0.15) is 0 Å². The lowest BCUT2D eigenvalue weighted by Crippen LogP contribution is -1.92. The minimum atomic E-state index is 1.00. The molecular formula is C43H34. The first-order valence-corrected chi connectivity index (χ1v) is 15.2. The van der Waals surface area contributed by atoms with E-state index in [9.17, 15) is 0 Å². The van der Waals surface area contributed by atoms with Crippen LogP contribution in [-0.4, -0.2) is 0 Å². The van der Waals surface area contributed by atoms with Gasteiger partial charge in [-0.3, -0.25) is 0 Å². The second-order valence-electron chi connectivity index (χ2n) is 11.1. The maximum absolute atomic E-state index is 2.36. The van der Waals surface area contributed by atoms with Crippen LogP contribution < -0.4 is 0 Å². The third kappa shape index (κ3) is 4.76. The van der Waals surface area contributed by atoms with Crippen molar-refractivity contribution in [1.29, 1.82) is 0 Å². The van der Waals surface area contributed by atoms with E-state index in [4.69, 9.17) is 0 Å². The summed E-state index contributed by atoms with van der Waals surface area (Å²) in [4.78, 5) is 0. The quantitative estimate of drug-likeness (QED) is 0.143. The summed E-state index contributed by atoms with van der Waals surface area (Å²) in [6, 6.07) is 51.1. The topological polar surface area (TPSA) is 0 Å². The van der Waals surface area contributed by atoms with Crippen molar-refractivity contribution in [3.8, 4) is 33.4 Å². The molecule has 43 heavy (non-hydrogen) atoms. The van der Waals surface area contributed by atoms with Gasteiger partial charge in [-0.05, 0) is 96.2 Å². The van der Waals surface area contributed by atoms with Gasteiger partial charge in [0.25, 0.3) is 0 Å². The fourth-order valence-corrected chi connectivity index (χ4v) is 6.66. The summed E-state index contributed by atoms with van der Waals surface area (Å²) in [5, 5.41) is 7.65. The number of hydrogen-bond donors (Lipinski definition) is 0. The Kier molecular flexibility index (Phi) is 7.19. The average molecular weight is 551 g/mol. The second-order valence-corrected chi connectivity index (χ2v) is 11.1. The molecule has 0 spiro atoms. The van der Waals surface area contributed by atoms with Gasteiger partial charge in [0.1, 0.15) is 0 Å². The Morgan fingerprint density at radius 1 is 0.488 bits per heavy atom. The predicted molar refractivity (Wildman–Crippen MR) is 188 cm³/mol. The molecule has 0 aliphatic heterocycles. The van der Waals surface area contributed by atoms with Gasteiger partial charge in [0, 0.05) is 0 Å². The van der Waals surface area contributed by atoms with Crippen LogP contribution in [0.2, 0.25) is 0 Å². The Balaban J connectivity index is 1.54. The Labute approximate surface area is 254 Å². The Hall–Kier alpha value is -5.20. The number of benzene rings is 7. The van der Waals surface area contributed by atoms with Crippen molar-refractivity contribution >= 4 is 37.9 Å². The molecule has 0 saturated heterocycles. The molecule has 0 unspecified atom stereocenters. The van der Waals surface area contributed by atoms with E-state index in [0.29, 0.717) is 0 Å². The fraction of sp³-hybridized carbons (Fsp3) is 0.0698. The van der Waals surface area contributed by atoms with Crippen molar-refractivity contribution in [3.05, 3.63) is 163 Å². The molecule has 0 radical (unpaired) electrons. The van der Waals surface area contributed by atoms with E-state index < -0.39 is 0 Å². The Morgan fingerprint density at radius 3 is 1.63 bits per heavy atom. The van der Waals surface area contributed by atoms with E-state index in [1.807, 2.05) is 0 Å². The zero-order chi connectivity index (χ0) is 29.2. The standard InChI is InChI=1S/C43H34/c1-3-15-30(16-4-2)32-19-12-20-33(29-32)42-38-21-8-10-23-40(38)43(41-24-11-9-22-39(41)42)37-28-14-26-35-34(25-13-27-36(35)37)31-17-6-5-7-18-31/h3,5-29H,4H2,1-2H3/b15-3+,30-16+. The van der Waals surface area contributed by atoms with Crippen molar-refractivity contribution in [2.75, 3.05) is 0 Å². The molecule has 0 amide bonds. The van der Waals surface area contributed by atoms with Crippen molar-refractivity contribution in [3.63, 3.8) is 0 Å². The minimum absolute atomic E-state index is 1.00. The van der Waals surface area contributed by atoms with E-state index in [-0.39, 0.29) is 0 Å². The Morgan fingerprint density at radius 2 is 1.00 bits per heavy atom. The summed E-state index contributed by atoms with van der Waals surface area (Å²) in [6.07, 6.45) is 7.65. The highest BCUT2D eigenvalue weighted by atomic mass is 14.2. The lowest BCUT2D eigenvalue weighted by atomic mass is 9.83. The Bertz CT molecular complexity index is 2100. The highest BCUT2D eigenvalue weighted by molar-refractivity contribution is 6.24. The first-order valence-electron chi connectivity index (χ1n) is 15.2. The summed E-state index contributed by atoms with van der Waals surface area (Å²) in [6.45, 7) is 4.28. The normalized spacial score (nSPS) is 12.1. The van der Waals surface area contributed by atoms with Gasteiger partial charge in [-0.1, -0.05) is 159 Å². The molecule has 0 aromatic heterocycles. The summed E-state index contributed by atoms with van der Waals surface area (Å²) < 4.78 is 0. The molecule has 0 heterocycles. The number of rotatable bonds is 6. The van der Waals surface area contributed by atoms with Gasteiger partial charge in [-0.25, -0.2) is 0 Å². The molecular weight excluding hydrogens is 516 g/mol. The third-order valence-electron chi connectivity index (χ3n) is 8.46. The van der Waals surface area contributed by atoms with Crippen LogP contribution in [0.1, 0.15) is 25.8 Å². The van der Waals surface area contributed by atoms with Gasteiger partial charge >= 0.3 is 0 Å². The first-order chi connectivity index (χ1) is 21.3. The molecule has 7 rings (SSSR count). The summed E-state index contributed by atoms with van der Waals surface area (Å²) >= 11 is 0. The molecule has 7 aromatic rings. The fourth-order valence-electron chi connectivity index (χ4n) is 6.66. The molecule has 0 aliphatic carbocycles. The molecule has 0 N–H and O–H groups in total. The molecule has 0 aliphatic rings. The van der Waals surface area contributed by atoms with Crippen LogP contribution in [-0.2, 0) is 0 Å². The summed E-state index contributed by atoms with van der Waals surface area (Å²) in [5.74, 6) is 0. The monoisotopic (exact) mass is 550 g/mol. The van der Waals surface area contributed by atoms with Gasteiger partial charge in [0.05, 0.1) is 0 Å². The number of hydrogen-bond acceptors (Lipinski definition) is 0.